The summed E-state index contributed by atoms with van der Waals surface area (Å²) in [7, 11) is 1.91. The molecule has 1 unspecified atom stereocenters. The maximum Gasteiger partial charge on any atom is 0.294 e. The Bertz CT molecular complexity index is 1490. The van der Waals surface area contributed by atoms with Crippen LogP contribution in [0, 0.1) is 0 Å². The minimum absolute atomic E-state index is 0.00393. The number of hydrogen-bond acceptors (Lipinski definition) is 6. The van der Waals surface area contributed by atoms with Gasteiger partial charge in [-0.2, -0.15) is 5.10 Å². The van der Waals surface area contributed by atoms with Gasteiger partial charge >= 0.3 is 0 Å². The first-order valence-electron chi connectivity index (χ1n) is 10.9. The van der Waals surface area contributed by atoms with Crippen molar-refractivity contribution in [2.24, 2.45) is 7.05 Å². The standard InChI is InChI=1S/C22H21N7O3/c1-27-9-12-10-28-17(8-15(12)26-27)13-7-18-16(6-14(13)22(28)31)23-21(30)20-25-24-19(29(18)20)11-2-4-32-5-3-11/h6-7,9,11,17H,2-5,8,10H2,1H3,(H,23,30). The van der Waals surface area contributed by atoms with Gasteiger partial charge in [0.1, 0.15) is 5.82 Å². The largest absolute Gasteiger partial charge is 0.381 e. The van der Waals surface area contributed by atoms with Gasteiger partial charge in [-0.1, -0.05) is 0 Å². The number of hydrogen-bond donors (Lipinski definition) is 1. The van der Waals surface area contributed by atoms with Gasteiger partial charge in [0.25, 0.3) is 11.5 Å². The van der Waals surface area contributed by atoms with E-state index in [4.69, 9.17) is 4.74 Å². The molecule has 162 valence electrons. The molecular formula is C22H21N7O3. The number of carbonyl (C=O) groups is 1. The highest BCUT2D eigenvalue weighted by atomic mass is 16.5. The van der Waals surface area contributed by atoms with Crippen LogP contribution in [0.1, 0.15) is 57.8 Å². The Labute approximate surface area is 181 Å². The van der Waals surface area contributed by atoms with Crippen LogP contribution in [0.3, 0.4) is 0 Å². The molecule has 0 radical (unpaired) electrons. The first-order valence-corrected chi connectivity index (χ1v) is 10.9. The summed E-state index contributed by atoms with van der Waals surface area (Å²) in [6.07, 6.45) is 4.35. The summed E-state index contributed by atoms with van der Waals surface area (Å²) in [5.74, 6) is 0.966. The van der Waals surface area contributed by atoms with Crippen LogP contribution >= 0.6 is 0 Å². The zero-order chi connectivity index (χ0) is 21.6. The zero-order valence-electron chi connectivity index (χ0n) is 17.5. The van der Waals surface area contributed by atoms with E-state index in [0.29, 0.717) is 37.3 Å². The number of aryl methyl sites for hydroxylation is 1. The van der Waals surface area contributed by atoms with E-state index < -0.39 is 0 Å². The third-order valence-corrected chi connectivity index (χ3v) is 7.08. The maximum absolute atomic E-state index is 13.3. The van der Waals surface area contributed by atoms with Crippen molar-refractivity contribution >= 4 is 22.6 Å². The van der Waals surface area contributed by atoms with Gasteiger partial charge in [0.15, 0.2) is 0 Å². The molecule has 3 aliphatic rings. The molecule has 1 aromatic carbocycles. The van der Waals surface area contributed by atoms with Crippen molar-refractivity contribution in [1.29, 1.82) is 0 Å². The molecule has 10 nitrogen and oxygen atoms in total. The van der Waals surface area contributed by atoms with Gasteiger partial charge in [0, 0.05) is 56.5 Å². The summed E-state index contributed by atoms with van der Waals surface area (Å²) in [4.78, 5) is 30.8. The Balaban J connectivity index is 1.45. The van der Waals surface area contributed by atoms with Gasteiger partial charge in [-0.25, -0.2) is 0 Å². The van der Waals surface area contributed by atoms with E-state index in [1.165, 1.54) is 0 Å². The predicted molar refractivity (Wildman–Crippen MR) is 113 cm³/mol. The smallest absolute Gasteiger partial charge is 0.294 e. The molecule has 10 heteroatoms. The normalized spacial score (nSPS) is 20.7. The summed E-state index contributed by atoms with van der Waals surface area (Å²) in [6, 6.07) is 3.79. The first-order chi connectivity index (χ1) is 15.6. The van der Waals surface area contributed by atoms with Crippen LogP contribution in [0.4, 0.5) is 0 Å². The molecule has 0 spiro atoms. The zero-order valence-corrected chi connectivity index (χ0v) is 17.5. The minimum atomic E-state index is -0.302. The van der Waals surface area contributed by atoms with Crippen LogP contribution in [0.5, 0.6) is 0 Å². The molecule has 1 saturated heterocycles. The van der Waals surface area contributed by atoms with E-state index in [-0.39, 0.29) is 29.1 Å². The van der Waals surface area contributed by atoms with Crippen molar-refractivity contribution in [3.05, 3.63) is 56.9 Å². The number of carbonyl (C=O) groups excluding carboxylic acids is 1. The van der Waals surface area contributed by atoms with Crippen molar-refractivity contribution in [1.82, 2.24) is 34.3 Å². The molecule has 3 aromatic heterocycles. The lowest BCUT2D eigenvalue weighted by atomic mass is 9.96. The fourth-order valence-electron chi connectivity index (χ4n) is 5.55. The lowest BCUT2D eigenvalue weighted by Crippen LogP contribution is -2.32. The molecule has 0 aliphatic carbocycles. The average Bonchev–Trinajstić information content (AvgIpc) is 3.47. The lowest BCUT2D eigenvalue weighted by Gasteiger charge is -2.29. The van der Waals surface area contributed by atoms with E-state index in [9.17, 15) is 9.59 Å². The summed E-state index contributed by atoms with van der Waals surface area (Å²) < 4.78 is 9.20. The van der Waals surface area contributed by atoms with Crippen molar-refractivity contribution in [2.45, 2.75) is 37.8 Å². The molecule has 6 heterocycles. The van der Waals surface area contributed by atoms with Crippen LogP contribution in [0.2, 0.25) is 0 Å². The number of benzene rings is 1. The monoisotopic (exact) mass is 431 g/mol. The van der Waals surface area contributed by atoms with Gasteiger partial charge in [-0.05, 0) is 30.5 Å². The molecule has 4 aromatic rings. The van der Waals surface area contributed by atoms with Crippen LogP contribution in [0.15, 0.2) is 23.1 Å². The van der Waals surface area contributed by atoms with E-state index in [2.05, 4.69) is 20.3 Å². The highest BCUT2D eigenvalue weighted by Gasteiger charge is 2.41. The van der Waals surface area contributed by atoms with Crippen molar-refractivity contribution in [2.75, 3.05) is 13.2 Å². The van der Waals surface area contributed by atoms with Gasteiger partial charge in [-0.15, -0.1) is 10.2 Å². The number of ether oxygens (including phenoxy) is 1. The highest BCUT2D eigenvalue weighted by molar-refractivity contribution is 6.02. The molecule has 1 amide bonds. The van der Waals surface area contributed by atoms with Crippen LogP contribution in [0.25, 0.3) is 16.7 Å². The highest BCUT2D eigenvalue weighted by Crippen LogP contribution is 2.42. The quantitative estimate of drug-likeness (QED) is 0.488. The molecule has 1 fully saturated rings. The van der Waals surface area contributed by atoms with E-state index in [0.717, 1.165) is 41.0 Å². The average molecular weight is 431 g/mol. The van der Waals surface area contributed by atoms with Crippen LogP contribution in [-0.2, 0) is 24.8 Å². The van der Waals surface area contributed by atoms with Crippen LogP contribution < -0.4 is 5.56 Å². The fraction of sp³-hybridized carbons (Fsp3) is 0.409. The Hall–Kier alpha value is -3.53. The topological polar surface area (TPSA) is 110 Å². The molecule has 1 atom stereocenters. The second-order valence-corrected chi connectivity index (χ2v) is 8.94. The second kappa shape index (κ2) is 6.26. The van der Waals surface area contributed by atoms with E-state index in [1.54, 1.807) is 0 Å². The number of amides is 1. The van der Waals surface area contributed by atoms with Crippen LogP contribution in [-0.4, -0.2) is 53.4 Å². The molecule has 1 N–H and O–H groups in total. The molecule has 3 aliphatic heterocycles. The number of fused-ring (bicyclic) bond motifs is 7. The minimum Gasteiger partial charge on any atom is -0.381 e. The van der Waals surface area contributed by atoms with E-state index in [1.807, 2.05) is 39.4 Å². The van der Waals surface area contributed by atoms with Gasteiger partial charge in [0.05, 0.1) is 22.8 Å². The molecular weight excluding hydrogens is 410 g/mol. The molecule has 0 saturated carbocycles. The van der Waals surface area contributed by atoms with Crippen molar-refractivity contribution in [3.63, 3.8) is 0 Å². The van der Waals surface area contributed by atoms with E-state index >= 15 is 0 Å². The number of nitrogens with one attached hydrogen (secondary N) is 1. The van der Waals surface area contributed by atoms with Crippen molar-refractivity contribution in [3.8, 4) is 0 Å². The van der Waals surface area contributed by atoms with Gasteiger partial charge in [-0.3, -0.25) is 18.7 Å². The molecule has 32 heavy (non-hydrogen) atoms. The third-order valence-electron chi connectivity index (χ3n) is 7.08. The Morgan fingerprint density at radius 3 is 2.84 bits per heavy atom. The third kappa shape index (κ3) is 2.35. The van der Waals surface area contributed by atoms with Gasteiger partial charge < -0.3 is 14.6 Å². The number of aromatic amines is 1. The number of H-pyrrole nitrogens is 1. The van der Waals surface area contributed by atoms with Crippen molar-refractivity contribution < 1.29 is 9.53 Å². The number of nitrogens with zero attached hydrogens (tertiary/aromatic N) is 6. The summed E-state index contributed by atoms with van der Waals surface area (Å²) >= 11 is 0. The maximum atomic E-state index is 13.3. The molecule has 0 bridgehead atoms. The Morgan fingerprint density at radius 1 is 1.16 bits per heavy atom. The SMILES string of the molecule is Cn1cc2c(n1)CC1c3cc4c(cc3C(=O)N1C2)[nH]c(=O)c1nnc(C2CCOCC2)n14. The second-order valence-electron chi connectivity index (χ2n) is 8.94. The predicted octanol–water partition coefficient (Wildman–Crippen LogP) is 1.45. The Kier molecular flexibility index (Phi) is 3.53. The molecule has 7 rings (SSSR count). The number of aromatic nitrogens is 6. The summed E-state index contributed by atoms with van der Waals surface area (Å²) in [5.41, 5.74) is 5.18. The fourth-order valence-corrected chi connectivity index (χ4v) is 5.55. The lowest BCUT2D eigenvalue weighted by molar-refractivity contribution is 0.0692. The van der Waals surface area contributed by atoms with Gasteiger partial charge in [0.2, 0.25) is 5.65 Å². The Morgan fingerprint density at radius 2 is 2.00 bits per heavy atom. The summed E-state index contributed by atoms with van der Waals surface area (Å²) in [5, 5.41) is 13.2. The summed E-state index contributed by atoms with van der Waals surface area (Å²) in [6.45, 7) is 1.89. The first kappa shape index (κ1) is 18.1. The number of rotatable bonds is 1.